The Bertz CT molecular complexity index is 3970. The second kappa shape index (κ2) is 19.7. The smallest absolute Gasteiger partial charge is 0.125 e. The lowest BCUT2D eigenvalue weighted by Gasteiger charge is -2.36. The molecule has 0 aliphatic heterocycles. The van der Waals surface area contributed by atoms with Gasteiger partial charge < -0.3 is 9.80 Å². The van der Waals surface area contributed by atoms with E-state index in [1.54, 1.807) is 24.3 Å². The molecule has 2 unspecified atom stereocenters. The highest BCUT2D eigenvalue weighted by atomic mass is 19.1. The molecule has 80 heavy (non-hydrogen) atoms. The quantitative estimate of drug-likeness (QED) is 0.120. The van der Waals surface area contributed by atoms with E-state index < -0.39 is 10.8 Å². The maximum Gasteiger partial charge on any atom is 0.125 e. The zero-order chi connectivity index (χ0) is 54.9. The van der Waals surface area contributed by atoms with Gasteiger partial charge in [0, 0.05) is 34.1 Å². The number of rotatable bonds is 12. The van der Waals surface area contributed by atoms with Crippen LogP contribution in [0.2, 0.25) is 0 Å². The number of halogens is 2. The highest BCUT2D eigenvalue weighted by molar-refractivity contribution is 5.92. The van der Waals surface area contributed by atoms with E-state index >= 15 is 8.78 Å². The van der Waals surface area contributed by atoms with Crippen molar-refractivity contribution in [2.45, 2.75) is 38.5 Å². The third-order valence-electron chi connectivity index (χ3n) is 16.8. The Balaban J connectivity index is 0.998. The van der Waals surface area contributed by atoms with Gasteiger partial charge in [-0.1, -0.05) is 194 Å². The zero-order valence-corrected chi connectivity index (χ0v) is 45.3. The van der Waals surface area contributed by atoms with Crippen LogP contribution in [-0.2, 0) is 10.8 Å². The standard InChI is InChI=1S/C76H58F2N2/c1-7-53-27-31-55(32-28-53)75(71-43-49(3)23-25-51(71)5)69-21-11-9-19-65(69)67-41-39-63(47-73(67)75)79(61-17-13-15-57(77)45-61)59-35-37-60(38-36-59)80(62-18-14-16-58(78)46-62)64-40-42-68-66-20-10-12-22-70(66)76(74(68)48-64,56-33-29-54(8-2)30-34-56)72-44-50(4)24-26-52(72)6/h7-48H,1-2H2,3-6H3. The fourth-order valence-electron chi connectivity index (χ4n) is 13.2. The van der Waals surface area contributed by atoms with Crippen LogP contribution < -0.4 is 9.80 Å². The molecule has 0 fully saturated rings. The lowest BCUT2D eigenvalue weighted by atomic mass is 9.66. The summed E-state index contributed by atoms with van der Waals surface area (Å²) in [6, 6.07) is 84.0. The predicted octanol–water partition coefficient (Wildman–Crippen LogP) is 20.2. The number of hydrogen-bond donors (Lipinski definition) is 0. The van der Waals surface area contributed by atoms with E-state index in [9.17, 15) is 0 Å². The lowest BCUT2D eigenvalue weighted by molar-refractivity contribution is 0.627. The van der Waals surface area contributed by atoms with Crippen LogP contribution >= 0.6 is 0 Å². The monoisotopic (exact) mass is 1040 g/mol. The van der Waals surface area contributed by atoms with Crippen LogP contribution in [0.3, 0.4) is 0 Å². The van der Waals surface area contributed by atoms with E-state index in [-0.39, 0.29) is 11.6 Å². The first-order valence-corrected chi connectivity index (χ1v) is 27.3. The van der Waals surface area contributed by atoms with Crippen molar-refractivity contribution in [1.29, 1.82) is 0 Å². The van der Waals surface area contributed by atoms with E-state index in [0.717, 1.165) is 67.3 Å². The van der Waals surface area contributed by atoms with Crippen molar-refractivity contribution >= 4 is 46.3 Å². The highest BCUT2D eigenvalue weighted by Crippen LogP contribution is 2.60. The number of hydrogen-bond acceptors (Lipinski definition) is 2. The van der Waals surface area contributed by atoms with Crippen molar-refractivity contribution in [3.05, 3.63) is 345 Å². The van der Waals surface area contributed by atoms with Gasteiger partial charge in [0.05, 0.1) is 10.8 Å². The lowest BCUT2D eigenvalue weighted by Crippen LogP contribution is -2.30. The summed E-state index contributed by atoms with van der Waals surface area (Å²) >= 11 is 0. The summed E-state index contributed by atoms with van der Waals surface area (Å²) < 4.78 is 31.4. The predicted molar refractivity (Wildman–Crippen MR) is 329 cm³/mol. The summed E-state index contributed by atoms with van der Waals surface area (Å²) in [6.45, 7) is 16.9. The van der Waals surface area contributed by atoms with Crippen LogP contribution in [0.4, 0.5) is 42.9 Å². The number of nitrogens with zero attached hydrogens (tertiary/aromatic N) is 2. The Kier molecular flexibility index (Phi) is 12.3. The number of anilines is 6. The van der Waals surface area contributed by atoms with Gasteiger partial charge in [-0.25, -0.2) is 8.78 Å². The molecule has 0 radical (unpaired) electrons. The molecule has 13 rings (SSSR count). The molecule has 11 aromatic carbocycles. The van der Waals surface area contributed by atoms with E-state index in [0.29, 0.717) is 11.4 Å². The Hall–Kier alpha value is -9.64. The molecule has 2 atom stereocenters. The molecule has 4 heteroatoms. The summed E-state index contributed by atoms with van der Waals surface area (Å²) in [5, 5.41) is 0. The molecule has 0 spiro atoms. The first-order chi connectivity index (χ1) is 39.0. The van der Waals surface area contributed by atoms with Crippen molar-refractivity contribution in [1.82, 2.24) is 0 Å². The molecule has 0 heterocycles. The first kappa shape index (κ1) is 49.9. The average Bonchev–Trinajstić information content (AvgIpc) is 4.19. The van der Waals surface area contributed by atoms with Gasteiger partial charge in [-0.05, 0) is 202 Å². The minimum Gasteiger partial charge on any atom is -0.310 e. The Labute approximate surface area is 468 Å². The number of benzene rings is 11. The van der Waals surface area contributed by atoms with E-state index in [2.05, 4.69) is 245 Å². The van der Waals surface area contributed by atoms with Gasteiger partial charge in [-0.2, -0.15) is 0 Å². The minimum atomic E-state index is -0.692. The van der Waals surface area contributed by atoms with Gasteiger partial charge in [0.25, 0.3) is 0 Å². The molecular weight excluding hydrogens is 979 g/mol. The summed E-state index contributed by atoms with van der Waals surface area (Å²) in [6.07, 6.45) is 3.77. The zero-order valence-electron chi connectivity index (χ0n) is 45.3. The van der Waals surface area contributed by atoms with Gasteiger partial charge in [-0.15, -0.1) is 0 Å². The molecule has 2 aliphatic carbocycles. The summed E-state index contributed by atoms with van der Waals surface area (Å²) in [4.78, 5) is 4.28. The maximum atomic E-state index is 15.7. The minimum absolute atomic E-state index is 0.339. The van der Waals surface area contributed by atoms with Crippen molar-refractivity contribution in [3.8, 4) is 22.3 Å². The van der Waals surface area contributed by atoms with Crippen LogP contribution in [0.1, 0.15) is 77.9 Å². The Morgan fingerprint density at radius 2 is 0.675 bits per heavy atom. The van der Waals surface area contributed by atoms with E-state index in [4.69, 9.17) is 0 Å². The molecule has 0 aromatic heterocycles. The third kappa shape index (κ3) is 7.88. The summed E-state index contributed by atoms with van der Waals surface area (Å²) in [5.74, 6) is -0.677. The molecule has 0 saturated carbocycles. The van der Waals surface area contributed by atoms with Crippen LogP contribution in [0, 0.1) is 39.3 Å². The third-order valence-corrected chi connectivity index (χ3v) is 16.8. The van der Waals surface area contributed by atoms with Crippen molar-refractivity contribution in [2.75, 3.05) is 9.80 Å². The van der Waals surface area contributed by atoms with Gasteiger partial charge in [-0.3, -0.25) is 0 Å². The molecule has 2 nitrogen and oxygen atoms in total. The fraction of sp³-hybridized carbons (Fsp3) is 0.0789. The van der Waals surface area contributed by atoms with Gasteiger partial charge in [0.15, 0.2) is 0 Å². The fourth-order valence-corrected chi connectivity index (χ4v) is 13.2. The van der Waals surface area contributed by atoms with Crippen LogP contribution in [0.15, 0.2) is 256 Å². The first-order valence-electron chi connectivity index (χ1n) is 27.3. The van der Waals surface area contributed by atoms with Crippen molar-refractivity contribution in [3.63, 3.8) is 0 Å². The van der Waals surface area contributed by atoms with Gasteiger partial charge >= 0.3 is 0 Å². The molecule has 0 saturated heterocycles. The molecule has 0 bridgehead atoms. The molecule has 0 amide bonds. The highest BCUT2D eigenvalue weighted by Gasteiger charge is 2.49. The van der Waals surface area contributed by atoms with Gasteiger partial charge in [0.2, 0.25) is 0 Å². The number of aryl methyl sites for hydroxylation is 4. The molecule has 2 aliphatic rings. The van der Waals surface area contributed by atoms with E-state index in [1.807, 2.05) is 24.3 Å². The second-order valence-electron chi connectivity index (χ2n) is 21.5. The largest absolute Gasteiger partial charge is 0.310 e. The van der Waals surface area contributed by atoms with Gasteiger partial charge in [0.1, 0.15) is 11.6 Å². The van der Waals surface area contributed by atoms with Crippen LogP contribution in [0.25, 0.3) is 34.4 Å². The topological polar surface area (TPSA) is 6.48 Å². The second-order valence-corrected chi connectivity index (χ2v) is 21.5. The molecular formula is C76H58F2N2. The molecule has 386 valence electrons. The van der Waals surface area contributed by atoms with Crippen molar-refractivity contribution < 1.29 is 8.78 Å². The van der Waals surface area contributed by atoms with Crippen LogP contribution in [0.5, 0.6) is 0 Å². The summed E-state index contributed by atoms with van der Waals surface area (Å²) in [7, 11) is 0. The van der Waals surface area contributed by atoms with E-state index in [1.165, 1.54) is 67.8 Å². The normalized spacial score (nSPS) is 15.6. The maximum absolute atomic E-state index is 15.7. The Morgan fingerprint density at radius 3 is 1.06 bits per heavy atom. The summed E-state index contributed by atoms with van der Waals surface area (Å²) in [5.41, 5.74) is 24.2. The van der Waals surface area contributed by atoms with Crippen LogP contribution in [-0.4, -0.2) is 0 Å². The molecule has 11 aromatic rings. The SMILES string of the molecule is C=Cc1ccc(C2(c3cc(C)ccc3C)c3ccccc3-c3ccc(N(c4ccc(N(c5cccc(F)c5)c5ccc6c(c5)C(c5ccc(C=C)cc5)(c5cc(C)ccc5C)c5ccccc5-6)cc4)c4cccc(F)c4)cc32)cc1. The molecule has 0 N–H and O–H groups in total. The number of fused-ring (bicyclic) bond motifs is 6. The average molecular weight is 1040 g/mol. The Morgan fingerprint density at radius 1 is 0.312 bits per heavy atom. The van der Waals surface area contributed by atoms with Crippen molar-refractivity contribution in [2.24, 2.45) is 0 Å².